The number of nitrogens with zero attached hydrogens (tertiary/aromatic N) is 1. The van der Waals surface area contributed by atoms with Crippen LogP contribution in [0.15, 0.2) is 18.2 Å². The van der Waals surface area contributed by atoms with Crippen LogP contribution < -0.4 is 15.2 Å². The van der Waals surface area contributed by atoms with E-state index in [0.29, 0.717) is 30.0 Å². The van der Waals surface area contributed by atoms with Crippen LogP contribution in [0.1, 0.15) is 23.7 Å². The number of likely N-dealkylation sites (tertiary alicyclic amines) is 1. The van der Waals surface area contributed by atoms with Gasteiger partial charge in [0.25, 0.3) is 11.8 Å². The lowest BCUT2D eigenvalue weighted by Gasteiger charge is -2.20. The van der Waals surface area contributed by atoms with Gasteiger partial charge in [0.05, 0.1) is 12.5 Å². The minimum absolute atomic E-state index is 0.156. The van der Waals surface area contributed by atoms with Crippen LogP contribution in [0.3, 0.4) is 0 Å². The number of hydrogen-bond acceptors (Lipinski definition) is 5. The van der Waals surface area contributed by atoms with Crippen LogP contribution in [-0.2, 0) is 9.59 Å². The normalized spacial score (nSPS) is 19.8. The third-order valence-corrected chi connectivity index (χ3v) is 4.06. The van der Waals surface area contributed by atoms with Gasteiger partial charge in [-0.3, -0.25) is 14.4 Å². The van der Waals surface area contributed by atoms with E-state index < -0.39 is 17.3 Å². The van der Waals surface area contributed by atoms with Crippen LogP contribution in [0.2, 0.25) is 0 Å². The lowest BCUT2D eigenvalue weighted by molar-refractivity contribution is -0.147. The van der Waals surface area contributed by atoms with E-state index in [1.807, 2.05) is 0 Å². The lowest BCUT2D eigenvalue weighted by atomic mass is 9.90. The van der Waals surface area contributed by atoms with Crippen molar-refractivity contribution < 1.29 is 29.0 Å². The first-order valence-electron chi connectivity index (χ1n) is 7.38. The van der Waals surface area contributed by atoms with E-state index in [1.54, 1.807) is 6.92 Å². The first-order valence-corrected chi connectivity index (χ1v) is 7.38. The van der Waals surface area contributed by atoms with E-state index >= 15 is 0 Å². The molecule has 2 amide bonds. The van der Waals surface area contributed by atoms with Crippen LogP contribution in [0.5, 0.6) is 11.5 Å². The Morgan fingerprint density at radius 3 is 2.58 bits per heavy atom. The molecular formula is C16H20N2O6. The van der Waals surface area contributed by atoms with Gasteiger partial charge in [-0.15, -0.1) is 0 Å². The predicted molar refractivity (Wildman–Crippen MR) is 83.9 cm³/mol. The monoisotopic (exact) mass is 336 g/mol. The molecule has 1 fully saturated rings. The van der Waals surface area contributed by atoms with E-state index in [-0.39, 0.29) is 19.1 Å². The van der Waals surface area contributed by atoms with Crippen molar-refractivity contribution in [1.29, 1.82) is 0 Å². The fourth-order valence-corrected chi connectivity index (χ4v) is 2.56. The Kier molecular flexibility index (Phi) is 4.96. The fourth-order valence-electron chi connectivity index (χ4n) is 2.56. The third kappa shape index (κ3) is 3.58. The Morgan fingerprint density at radius 2 is 2.04 bits per heavy atom. The van der Waals surface area contributed by atoms with E-state index in [4.69, 9.17) is 15.2 Å². The number of carbonyl (C=O) groups excluding carboxylic acids is 2. The van der Waals surface area contributed by atoms with Gasteiger partial charge in [0.15, 0.2) is 18.1 Å². The van der Waals surface area contributed by atoms with Crippen molar-refractivity contribution in [2.45, 2.75) is 13.3 Å². The maximum atomic E-state index is 12.6. The van der Waals surface area contributed by atoms with Gasteiger partial charge in [0.2, 0.25) is 0 Å². The summed E-state index contributed by atoms with van der Waals surface area (Å²) >= 11 is 0. The maximum absolute atomic E-state index is 12.6. The first-order chi connectivity index (χ1) is 11.3. The Hall–Kier alpha value is -2.77. The standard InChI is InChI=1S/C16H20N2O6/c1-16(15(21)22)5-6-18(9-16)14(20)10-3-4-11(12(7-10)23-2)24-8-13(17)19/h3-4,7H,5-6,8-9H2,1-2H3,(H2,17,19)(H,21,22)/t16-/m1/s1. The molecular weight excluding hydrogens is 316 g/mol. The molecule has 0 radical (unpaired) electrons. The van der Waals surface area contributed by atoms with Gasteiger partial charge in [0, 0.05) is 18.7 Å². The molecule has 24 heavy (non-hydrogen) atoms. The summed E-state index contributed by atoms with van der Waals surface area (Å²) in [4.78, 5) is 36.1. The van der Waals surface area contributed by atoms with Gasteiger partial charge in [0.1, 0.15) is 0 Å². The van der Waals surface area contributed by atoms with Crippen molar-refractivity contribution >= 4 is 17.8 Å². The number of hydrogen-bond donors (Lipinski definition) is 2. The van der Waals surface area contributed by atoms with Crippen molar-refractivity contribution in [3.63, 3.8) is 0 Å². The number of amides is 2. The molecule has 0 saturated carbocycles. The van der Waals surface area contributed by atoms with Crippen LogP contribution in [0.25, 0.3) is 0 Å². The number of primary amides is 1. The van der Waals surface area contributed by atoms with Gasteiger partial charge in [-0.2, -0.15) is 0 Å². The molecule has 1 heterocycles. The van der Waals surface area contributed by atoms with E-state index in [2.05, 4.69) is 0 Å². The molecule has 2 rings (SSSR count). The number of rotatable bonds is 6. The summed E-state index contributed by atoms with van der Waals surface area (Å²) in [6.45, 7) is 1.87. The molecule has 0 spiro atoms. The van der Waals surface area contributed by atoms with E-state index in [1.165, 1.54) is 30.2 Å². The van der Waals surface area contributed by atoms with Gasteiger partial charge in [-0.1, -0.05) is 0 Å². The second kappa shape index (κ2) is 6.77. The number of carboxylic acids is 1. The van der Waals surface area contributed by atoms with Gasteiger partial charge in [-0.05, 0) is 31.5 Å². The van der Waals surface area contributed by atoms with Crippen LogP contribution in [0, 0.1) is 5.41 Å². The summed E-state index contributed by atoms with van der Waals surface area (Å²) in [7, 11) is 1.41. The first kappa shape index (κ1) is 17.6. The zero-order valence-electron chi connectivity index (χ0n) is 13.6. The van der Waals surface area contributed by atoms with Crippen molar-refractivity contribution in [1.82, 2.24) is 4.90 Å². The van der Waals surface area contributed by atoms with Gasteiger partial charge in [-0.25, -0.2) is 0 Å². The van der Waals surface area contributed by atoms with Crippen LogP contribution >= 0.6 is 0 Å². The minimum atomic E-state index is -0.926. The molecule has 1 aliphatic rings. The summed E-state index contributed by atoms with van der Waals surface area (Å²) < 4.78 is 10.4. The topological polar surface area (TPSA) is 119 Å². The van der Waals surface area contributed by atoms with E-state index in [0.717, 1.165) is 0 Å². The van der Waals surface area contributed by atoms with E-state index in [9.17, 15) is 19.5 Å². The molecule has 0 aromatic heterocycles. The predicted octanol–water partition coefficient (Wildman–Crippen LogP) is 0.496. The van der Waals surface area contributed by atoms with Crippen molar-refractivity contribution in [3.8, 4) is 11.5 Å². The highest BCUT2D eigenvalue weighted by molar-refractivity contribution is 5.95. The maximum Gasteiger partial charge on any atom is 0.311 e. The summed E-state index contributed by atoms with van der Waals surface area (Å²) in [6, 6.07) is 4.55. The quantitative estimate of drug-likeness (QED) is 0.780. The van der Waals surface area contributed by atoms with Gasteiger partial charge >= 0.3 is 5.97 Å². The van der Waals surface area contributed by atoms with Crippen LogP contribution in [-0.4, -0.2) is 54.6 Å². The molecule has 3 N–H and O–H groups in total. The Labute approximate surface area is 139 Å². The summed E-state index contributed by atoms with van der Waals surface area (Å²) in [6.07, 6.45) is 0.408. The molecule has 8 heteroatoms. The average molecular weight is 336 g/mol. The minimum Gasteiger partial charge on any atom is -0.493 e. The number of benzene rings is 1. The second-order valence-electron chi connectivity index (χ2n) is 5.96. The highest BCUT2D eigenvalue weighted by atomic mass is 16.5. The molecule has 8 nitrogen and oxygen atoms in total. The summed E-state index contributed by atoms with van der Waals surface area (Å²) in [5.41, 5.74) is 4.46. The highest BCUT2D eigenvalue weighted by Gasteiger charge is 2.42. The lowest BCUT2D eigenvalue weighted by Crippen LogP contribution is -2.34. The molecule has 0 aliphatic carbocycles. The smallest absolute Gasteiger partial charge is 0.311 e. The highest BCUT2D eigenvalue weighted by Crippen LogP contribution is 2.33. The third-order valence-electron chi connectivity index (χ3n) is 4.06. The number of nitrogens with two attached hydrogens (primary N) is 1. The molecule has 0 unspecified atom stereocenters. The van der Waals surface area contributed by atoms with Crippen LogP contribution in [0.4, 0.5) is 0 Å². The van der Waals surface area contributed by atoms with Crippen molar-refractivity contribution in [3.05, 3.63) is 23.8 Å². The van der Waals surface area contributed by atoms with Crippen molar-refractivity contribution in [2.75, 3.05) is 26.8 Å². The Morgan fingerprint density at radius 1 is 1.33 bits per heavy atom. The average Bonchev–Trinajstić information content (AvgIpc) is 2.96. The molecule has 1 aromatic carbocycles. The fraction of sp³-hybridized carbons (Fsp3) is 0.438. The molecule has 1 saturated heterocycles. The molecule has 1 aromatic rings. The Bertz CT molecular complexity index is 675. The molecule has 130 valence electrons. The van der Waals surface area contributed by atoms with Gasteiger partial charge < -0.3 is 25.2 Å². The molecule has 1 atom stereocenters. The number of ether oxygens (including phenoxy) is 2. The zero-order valence-corrected chi connectivity index (χ0v) is 13.6. The number of methoxy groups -OCH3 is 1. The SMILES string of the molecule is COc1cc(C(=O)N2CC[C@@](C)(C(=O)O)C2)ccc1OCC(N)=O. The molecule has 0 bridgehead atoms. The zero-order chi connectivity index (χ0) is 17.9. The second-order valence-corrected chi connectivity index (χ2v) is 5.96. The Balaban J connectivity index is 2.16. The number of carbonyl (C=O) groups is 3. The molecule has 1 aliphatic heterocycles. The summed E-state index contributed by atoms with van der Waals surface area (Å²) in [5, 5.41) is 9.25. The van der Waals surface area contributed by atoms with Crippen molar-refractivity contribution in [2.24, 2.45) is 11.1 Å². The number of carboxylic acid groups (broad SMARTS) is 1. The summed E-state index contributed by atoms with van der Waals surface area (Å²) in [5.74, 6) is -1.22. The largest absolute Gasteiger partial charge is 0.493 e. The number of aliphatic carboxylic acids is 1.